The molecule has 0 aromatic carbocycles. The van der Waals surface area contributed by atoms with Crippen molar-refractivity contribution >= 4 is 5.95 Å². The minimum atomic E-state index is 0. The lowest BCUT2D eigenvalue weighted by molar-refractivity contribution is -0.00000711. The predicted molar refractivity (Wildman–Crippen MR) is 94.4 cm³/mol. The van der Waals surface area contributed by atoms with Crippen molar-refractivity contribution in [3.63, 3.8) is 0 Å². The van der Waals surface area contributed by atoms with Gasteiger partial charge in [0.1, 0.15) is 0 Å². The van der Waals surface area contributed by atoms with Crippen LogP contribution in [-0.2, 0) is 0 Å². The van der Waals surface area contributed by atoms with Crippen molar-refractivity contribution in [1.29, 1.82) is 0 Å². The van der Waals surface area contributed by atoms with E-state index in [1.807, 2.05) is 0 Å². The molecule has 0 unspecified atom stereocenters. The molecular weight excluding hydrogens is 340 g/mol. The highest BCUT2D eigenvalue weighted by Gasteiger charge is 2.44. The molecule has 0 aliphatic carbocycles. The maximum Gasteiger partial charge on any atom is 0.338 e. The van der Waals surface area contributed by atoms with Crippen LogP contribution in [0.5, 0.6) is 12.0 Å². The number of rotatable bonds is 9. The third-order valence-electron chi connectivity index (χ3n) is 5.36. The third kappa shape index (κ3) is 4.94. The van der Waals surface area contributed by atoms with Crippen molar-refractivity contribution in [2.45, 2.75) is 58.8 Å². The highest BCUT2D eigenvalue weighted by Crippen LogP contribution is 2.37. The summed E-state index contributed by atoms with van der Waals surface area (Å²) in [6, 6.07) is 0.861. The molecule has 0 atom stereocenters. The van der Waals surface area contributed by atoms with Crippen LogP contribution in [0.15, 0.2) is 0 Å². The van der Waals surface area contributed by atoms with Crippen LogP contribution in [-0.4, -0.2) is 47.8 Å². The predicted octanol–water partition coefficient (Wildman–Crippen LogP) is 0.354. The highest BCUT2D eigenvalue weighted by molar-refractivity contribution is 5.30. The van der Waals surface area contributed by atoms with Gasteiger partial charge in [0.25, 0.3) is 0 Å². The molecule has 6 nitrogen and oxygen atoms in total. The van der Waals surface area contributed by atoms with E-state index in [1.165, 1.54) is 19.3 Å². The molecule has 1 aromatic heterocycles. The molecule has 0 amide bonds. The summed E-state index contributed by atoms with van der Waals surface area (Å²) in [5.41, 5.74) is 0. The minimum absolute atomic E-state index is 0. The number of halogens is 1. The summed E-state index contributed by atoms with van der Waals surface area (Å²) in [6.45, 7) is 9.01. The van der Waals surface area contributed by atoms with Gasteiger partial charge in [-0.1, -0.05) is 26.7 Å². The largest absolute Gasteiger partial charge is 1.00 e. The fraction of sp³-hybridized carbons (Fsp3) is 0.833. The zero-order valence-electron chi connectivity index (χ0n) is 15.5. The number of piperidine rings is 3. The summed E-state index contributed by atoms with van der Waals surface area (Å²) in [7, 11) is 0. The first-order valence-corrected chi connectivity index (χ1v) is 9.64. The van der Waals surface area contributed by atoms with E-state index >= 15 is 0 Å². The molecule has 3 fully saturated rings. The molecule has 4 rings (SSSR count). The van der Waals surface area contributed by atoms with Crippen LogP contribution in [0.2, 0.25) is 0 Å². The smallest absolute Gasteiger partial charge is 0.338 e. The summed E-state index contributed by atoms with van der Waals surface area (Å²) in [6.07, 6.45) is 8.05. The van der Waals surface area contributed by atoms with Crippen molar-refractivity contribution < 1.29 is 21.9 Å². The Bertz CT molecular complexity index is 494. The lowest BCUT2D eigenvalue weighted by Crippen LogP contribution is -3.00. The Labute approximate surface area is 157 Å². The summed E-state index contributed by atoms with van der Waals surface area (Å²) >= 11 is 0. The molecule has 3 saturated heterocycles. The number of hydrogen-bond donors (Lipinski definition) is 0. The van der Waals surface area contributed by atoms with Crippen LogP contribution in [0.1, 0.15) is 58.8 Å². The second kappa shape index (κ2) is 9.53. The van der Waals surface area contributed by atoms with Crippen LogP contribution in [0, 0.1) is 5.92 Å². The molecule has 7 heteroatoms. The molecule has 3 aliphatic rings. The topological polar surface area (TPSA) is 57.1 Å². The lowest BCUT2D eigenvalue weighted by atomic mass is 9.86. The molecule has 0 radical (unpaired) electrons. The standard InChI is InChI=1S/C18H31N4O2.ClH/c1-3-5-13-23-17-19-16(20-18(21-17)24-14-6-4-2)22-10-7-15(8-11-22)9-12-22;/h15H,3-14H2,1-2H3;1H/q+1;/p-1. The molecule has 142 valence electrons. The van der Waals surface area contributed by atoms with Gasteiger partial charge in [0.05, 0.1) is 32.8 Å². The van der Waals surface area contributed by atoms with Gasteiger partial charge >= 0.3 is 18.0 Å². The molecule has 1 aromatic rings. The monoisotopic (exact) mass is 370 g/mol. The molecule has 4 heterocycles. The van der Waals surface area contributed by atoms with Crippen molar-refractivity contribution in [1.82, 2.24) is 19.4 Å². The van der Waals surface area contributed by atoms with Crippen LogP contribution in [0.25, 0.3) is 0 Å². The van der Waals surface area contributed by atoms with Gasteiger partial charge in [-0.2, -0.15) is 0 Å². The first-order valence-electron chi connectivity index (χ1n) is 9.64. The fourth-order valence-electron chi connectivity index (χ4n) is 3.64. The quantitative estimate of drug-likeness (QED) is 0.464. The second-order valence-corrected chi connectivity index (χ2v) is 7.15. The van der Waals surface area contributed by atoms with Crippen molar-refractivity contribution in [2.24, 2.45) is 5.92 Å². The van der Waals surface area contributed by atoms with E-state index in [9.17, 15) is 0 Å². The summed E-state index contributed by atoms with van der Waals surface area (Å²) < 4.78 is 12.4. The first-order chi connectivity index (χ1) is 11.8. The number of aromatic nitrogens is 3. The molecular formula is C18H31ClN4O2. The zero-order valence-corrected chi connectivity index (χ0v) is 16.3. The summed E-state index contributed by atoms with van der Waals surface area (Å²) in [5.74, 6) is 1.76. The van der Waals surface area contributed by atoms with Crippen LogP contribution < -0.4 is 26.4 Å². The van der Waals surface area contributed by atoms with E-state index in [0.717, 1.165) is 61.7 Å². The van der Waals surface area contributed by atoms with Gasteiger partial charge in [-0.25, -0.2) is 0 Å². The minimum Gasteiger partial charge on any atom is -1.00 e. The number of hydrogen-bond acceptors (Lipinski definition) is 5. The zero-order chi connectivity index (χ0) is 16.8. The van der Waals surface area contributed by atoms with Gasteiger partial charge in [0, 0.05) is 19.3 Å². The van der Waals surface area contributed by atoms with E-state index in [-0.39, 0.29) is 12.4 Å². The molecule has 0 spiro atoms. The Balaban J connectivity index is 0.00000225. The van der Waals surface area contributed by atoms with Gasteiger partial charge in [-0.05, 0) is 18.8 Å². The van der Waals surface area contributed by atoms with Crippen LogP contribution in [0.3, 0.4) is 0 Å². The van der Waals surface area contributed by atoms with Gasteiger partial charge < -0.3 is 21.9 Å². The molecule has 3 aliphatic heterocycles. The van der Waals surface area contributed by atoms with E-state index < -0.39 is 0 Å². The number of quaternary nitrogens is 1. The maximum absolute atomic E-state index is 5.77. The van der Waals surface area contributed by atoms with Crippen LogP contribution >= 0.6 is 0 Å². The SMILES string of the molecule is CCCCOc1nc(OCCCC)nc([N+]23CCC(CC2)CC3)n1.[Cl-]. The maximum atomic E-state index is 5.77. The number of ether oxygens (including phenoxy) is 2. The number of fused-ring (bicyclic) bond motifs is 3. The normalized spacial score (nSPS) is 24.6. The summed E-state index contributed by atoms with van der Waals surface area (Å²) in [5, 5.41) is 0. The van der Waals surface area contributed by atoms with Crippen molar-refractivity contribution in [2.75, 3.05) is 32.8 Å². The molecule has 0 saturated carbocycles. The molecule has 0 N–H and O–H groups in total. The lowest BCUT2D eigenvalue weighted by Gasteiger charge is -2.46. The van der Waals surface area contributed by atoms with E-state index in [2.05, 4.69) is 28.8 Å². The highest BCUT2D eigenvalue weighted by atomic mass is 35.5. The van der Waals surface area contributed by atoms with Crippen LogP contribution in [0.4, 0.5) is 5.95 Å². The Kier molecular flexibility index (Phi) is 7.69. The van der Waals surface area contributed by atoms with E-state index in [1.54, 1.807) is 0 Å². The third-order valence-corrected chi connectivity index (χ3v) is 5.36. The Morgan fingerprint density at radius 2 is 1.32 bits per heavy atom. The summed E-state index contributed by atoms with van der Waals surface area (Å²) in [4.78, 5) is 13.7. The molecule has 2 bridgehead atoms. The number of nitrogens with zero attached hydrogens (tertiary/aromatic N) is 4. The number of unbranched alkanes of at least 4 members (excludes halogenated alkanes) is 2. The van der Waals surface area contributed by atoms with Crippen molar-refractivity contribution in [3.8, 4) is 12.0 Å². The average molecular weight is 371 g/mol. The Morgan fingerprint density at radius 1 is 0.840 bits per heavy atom. The Morgan fingerprint density at radius 3 is 1.76 bits per heavy atom. The van der Waals surface area contributed by atoms with Gasteiger partial charge in [-0.15, -0.1) is 15.0 Å². The van der Waals surface area contributed by atoms with E-state index in [4.69, 9.17) is 9.47 Å². The van der Waals surface area contributed by atoms with Gasteiger partial charge in [0.15, 0.2) is 0 Å². The first kappa shape index (κ1) is 20.2. The fourth-order valence-corrected chi connectivity index (χ4v) is 3.64. The Hall–Kier alpha value is -1.14. The second-order valence-electron chi connectivity index (χ2n) is 7.15. The average Bonchev–Trinajstić information content (AvgIpc) is 2.64. The van der Waals surface area contributed by atoms with Crippen molar-refractivity contribution in [3.05, 3.63) is 0 Å². The van der Waals surface area contributed by atoms with E-state index in [0.29, 0.717) is 25.2 Å². The molecule has 25 heavy (non-hydrogen) atoms. The van der Waals surface area contributed by atoms with Gasteiger partial charge in [-0.3, -0.25) is 4.48 Å². The van der Waals surface area contributed by atoms with Gasteiger partial charge in [0.2, 0.25) is 0 Å².